The lowest BCUT2D eigenvalue weighted by Gasteiger charge is -2.26. The normalized spacial score (nSPS) is 20.9. The van der Waals surface area contributed by atoms with Crippen LogP contribution in [0.15, 0.2) is 5.10 Å². The third-order valence-electron chi connectivity index (χ3n) is 4.06. The highest BCUT2D eigenvalue weighted by molar-refractivity contribution is 6.39. The highest BCUT2D eigenvalue weighted by Crippen LogP contribution is 2.34. The molecule has 3 heterocycles. The third-order valence-corrected chi connectivity index (χ3v) is 4.06. The van der Waals surface area contributed by atoms with Gasteiger partial charge in [0, 0.05) is 25.8 Å². The Morgan fingerprint density at radius 3 is 2.75 bits per heavy atom. The predicted octanol–water partition coefficient (Wildman–Crippen LogP) is 0.285. The van der Waals surface area contributed by atoms with E-state index in [0.717, 1.165) is 0 Å². The molecule has 0 saturated carbocycles. The number of carbonyl (C=O) groups is 2. The lowest BCUT2D eigenvalue weighted by Crippen LogP contribution is -2.37. The summed E-state index contributed by atoms with van der Waals surface area (Å²) >= 11 is 0. The summed E-state index contributed by atoms with van der Waals surface area (Å²) in [5.74, 6) is -1.44. The zero-order valence-corrected chi connectivity index (χ0v) is 12.6. The zero-order valence-electron chi connectivity index (χ0n) is 12.6. The van der Waals surface area contributed by atoms with E-state index in [-0.39, 0.29) is 56.2 Å². The molecule has 2 N–H and O–H groups in total. The second-order valence-corrected chi connectivity index (χ2v) is 5.70. The Balaban J connectivity index is 1.64. The maximum absolute atomic E-state index is 12.9. The molecule has 2 aliphatic rings. The summed E-state index contributed by atoms with van der Waals surface area (Å²) in [5.41, 5.74) is 2.38. The first-order valence-corrected chi connectivity index (χ1v) is 7.46. The Morgan fingerprint density at radius 2 is 2.08 bits per heavy atom. The van der Waals surface area contributed by atoms with Crippen LogP contribution in [0.3, 0.4) is 0 Å². The maximum atomic E-state index is 12.9. The van der Waals surface area contributed by atoms with Crippen molar-refractivity contribution >= 4 is 17.5 Å². The van der Waals surface area contributed by atoms with Gasteiger partial charge in [0.25, 0.3) is 5.91 Å². The van der Waals surface area contributed by atoms with Crippen molar-refractivity contribution < 1.29 is 22.8 Å². The highest BCUT2D eigenvalue weighted by Gasteiger charge is 2.42. The molecule has 1 aromatic heterocycles. The van der Waals surface area contributed by atoms with Gasteiger partial charge in [0.15, 0.2) is 5.82 Å². The average Bonchev–Trinajstić information content (AvgIpc) is 2.95. The third kappa shape index (κ3) is 3.39. The van der Waals surface area contributed by atoms with Crippen molar-refractivity contribution in [3.8, 4) is 0 Å². The van der Waals surface area contributed by atoms with E-state index in [1.807, 2.05) is 0 Å². The molecule has 2 aliphatic heterocycles. The lowest BCUT2D eigenvalue weighted by molar-refractivity contribution is -0.182. The van der Waals surface area contributed by atoms with Crippen LogP contribution in [-0.4, -0.2) is 38.5 Å². The van der Waals surface area contributed by atoms with Gasteiger partial charge >= 0.3 is 6.18 Å². The Labute approximate surface area is 134 Å². The molecule has 2 amide bonds. The molecule has 0 radical (unpaired) electrons. The molecule has 0 aliphatic carbocycles. The van der Waals surface area contributed by atoms with Gasteiger partial charge in [-0.2, -0.15) is 18.3 Å². The van der Waals surface area contributed by atoms with Crippen molar-refractivity contribution in [1.82, 2.24) is 25.5 Å². The molecule has 24 heavy (non-hydrogen) atoms. The first-order chi connectivity index (χ1) is 11.3. The average molecular weight is 344 g/mol. The van der Waals surface area contributed by atoms with Gasteiger partial charge in [-0.15, -0.1) is 10.2 Å². The zero-order chi connectivity index (χ0) is 17.3. The largest absolute Gasteiger partial charge is 0.393 e. The summed E-state index contributed by atoms with van der Waals surface area (Å²) in [4.78, 5) is 22.9. The number of nitrogens with one attached hydrogen (secondary N) is 2. The summed E-state index contributed by atoms with van der Waals surface area (Å²) in [5, 5.41) is 13.9. The summed E-state index contributed by atoms with van der Waals surface area (Å²) in [6.07, 6.45) is -3.70. The van der Waals surface area contributed by atoms with Crippen LogP contribution in [0.2, 0.25) is 0 Å². The van der Waals surface area contributed by atoms with Gasteiger partial charge in [-0.25, -0.2) is 5.43 Å². The number of hydrogen-bond donors (Lipinski definition) is 2. The van der Waals surface area contributed by atoms with Gasteiger partial charge in [0.05, 0.1) is 12.5 Å². The standard InChI is InChI=1S/C13H15F3N6O2/c14-13(15,16)7-1-3-9-19-20-10(22(9)6-7)5-17-12(24)8-2-4-11(23)21-18-8/h7H,1-6H2,(H,17,24)(H,21,23)/t7-/m0/s1. The van der Waals surface area contributed by atoms with Crippen LogP contribution in [0.25, 0.3) is 0 Å². The number of nitrogens with zero attached hydrogens (tertiary/aromatic N) is 4. The number of hydrazone groups is 1. The lowest BCUT2D eigenvalue weighted by atomic mass is 9.99. The van der Waals surface area contributed by atoms with E-state index in [1.165, 1.54) is 4.57 Å². The van der Waals surface area contributed by atoms with Crippen molar-refractivity contribution in [2.75, 3.05) is 0 Å². The topological polar surface area (TPSA) is 101 Å². The van der Waals surface area contributed by atoms with Gasteiger partial charge in [-0.05, 0) is 6.42 Å². The molecule has 1 aromatic rings. The molecule has 3 rings (SSSR count). The van der Waals surface area contributed by atoms with Crippen LogP contribution in [0, 0.1) is 5.92 Å². The highest BCUT2D eigenvalue weighted by atomic mass is 19.4. The van der Waals surface area contributed by atoms with Crippen molar-refractivity contribution in [2.24, 2.45) is 11.0 Å². The monoisotopic (exact) mass is 344 g/mol. The number of aryl methyl sites for hydroxylation is 1. The predicted molar refractivity (Wildman–Crippen MR) is 74.5 cm³/mol. The van der Waals surface area contributed by atoms with E-state index >= 15 is 0 Å². The van der Waals surface area contributed by atoms with Crippen LogP contribution in [0.4, 0.5) is 13.2 Å². The number of halogens is 3. The number of fused-ring (bicyclic) bond motifs is 1. The summed E-state index contributed by atoms with van der Waals surface area (Å²) in [6.45, 7) is -0.294. The van der Waals surface area contributed by atoms with E-state index in [0.29, 0.717) is 5.82 Å². The van der Waals surface area contributed by atoms with Gasteiger partial charge in [-0.1, -0.05) is 0 Å². The molecule has 0 bridgehead atoms. The second-order valence-electron chi connectivity index (χ2n) is 5.70. The van der Waals surface area contributed by atoms with Crippen molar-refractivity contribution in [3.63, 3.8) is 0 Å². The fourth-order valence-electron chi connectivity index (χ4n) is 2.68. The Morgan fingerprint density at radius 1 is 1.29 bits per heavy atom. The summed E-state index contributed by atoms with van der Waals surface area (Å²) in [7, 11) is 0. The molecule has 0 saturated heterocycles. The van der Waals surface area contributed by atoms with Gasteiger partial charge < -0.3 is 9.88 Å². The van der Waals surface area contributed by atoms with E-state index in [2.05, 4.69) is 26.0 Å². The van der Waals surface area contributed by atoms with Crippen LogP contribution < -0.4 is 10.7 Å². The first kappa shape index (κ1) is 16.4. The smallest absolute Gasteiger partial charge is 0.344 e. The Bertz CT molecular complexity index is 696. The molecule has 8 nitrogen and oxygen atoms in total. The summed E-state index contributed by atoms with van der Waals surface area (Å²) in [6, 6.07) is 0. The van der Waals surface area contributed by atoms with Crippen LogP contribution in [-0.2, 0) is 29.1 Å². The van der Waals surface area contributed by atoms with Crippen molar-refractivity contribution in [3.05, 3.63) is 11.6 Å². The molecule has 1 atom stereocenters. The molecular formula is C13H15F3N6O2. The fourth-order valence-corrected chi connectivity index (χ4v) is 2.68. The molecule has 0 aromatic carbocycles. The Hall–Kier alpha value is -2.46. The molecule has 0 spiro atoms. The first-order valence-electron chi connectivity index (χ1n) is 7.46. The maximum Gasteiger partial charge on any atom is 0.393 e. The van der Waals surface area contributed by atoms with Crippen LogP contribution in [0.5, 0.6) is 0 Å². The molecule has 0 unspecified atom stereocenters. The number of hydrogen-bond acceptors (Lipinski definition) is 5. The SMILES string of the molecule is O=C1CCC(C(=O)NCc2nnc3n2C[C@@H](C(F)(F)F)CC3)=NN1. The van der Waals surface area contributed by atoms with Gasteiger partial charge in [0.1, 0.15) is 11.5 Å². The van der Waals surface area contributed by atoms with E-state index in [1.54, 1.807) is 0 Å². The quantitative estimate of drug-likeness (QED) is 0.823. The molecule has 0 fully saturated rings. The number of amides is 2. The fraction of sp³-hybridized carbons (Fsp3) is 0.615. The minimum atomic E-state index is -4.27. The Kier molecular flexibility index (Phi) is 4.24. The number of aromatic nitrogens is 3. The minimum absolute atomic E-state index is 0.00943. The van der Waals surface area contributed by atoms with Crippen LogP contribution in [0.1, 0.15) is 30.9 Å². The van der Waals surface area contributed by atoms with Gasteiger partial charge in [-0.3, -0.25) is 9.59 Å². The number of carbonyl (C=O) groups excluding carboxylic acids is 2. The molecular weight excluding hydrogens is 329 g/mol. The minimum Gasteiger partial charge on any atom is -0.344 e. The summed E-state index contributed by atoms with van der Waals surface area (Å²) < 4.78 is 40.1. The number of alkyl halides is 3. The van der Waals surface area contributed by atoms with Gasteiger partial charge in [0.2, 0.25) is 5.91 Å². The van der Waals surface area contributed by atoms with E-state index < -0.39 is 18.0 Å². The second kappa shape index (κ2) is 6.21. The molecule has 11 heteroatoms. The van der Waals surface area contributed by atoms with E-state index in [4.69, 9.17) is 0 Å². The van der Waals surface area contributed by atoms with Crippen molar-refractivity contribution in [1.29, 1.82) is 0 Å². The van der Waals surface area contributed by atoms with Crippen LogP contribution >= 0.6 is 0 Å². The molecule has 130 valence electrons. The van der Waals surface area contributed by atoms with Crippen molar-refractivity contribution in [2.45, 2.75) is 44.9 Å². The van der Waals surface area contributed by atoms with E-state index in [9.17, 15) is 22.8 Å². The number of rotatable bonds is 3.